The third-order valence-electron chi connectivity index (χ3n) is 4.92. The van der Waals surface area contributed by atoms with Gasteiger partial charge in [0.2, 0.25) is 5.91 Å². The highest BCUT2D eigenvalue weighted by Gasteiger charge is 2.47. The number of carbonyl (C=O) groups excluding carboxylic acids is 1. The molecule has 1 amide bonds. The van der Waals surface area contributed by atoms with Crippen molar-refractivity contribution in [2.75, 3.05) is 19.7 Å². The minimum Gasteiger partial charge on any atom is -0.486 e. The topological polar surface area (TPSA) is 89.0 Å². The molecule has 2 aromatic rings. The summed E-state index contributed by atoms with van der Waals surface area (Å²) in [6.07, 6.45) is 3.57. The largest absolute Gasteiger partial charge is 0.490 e. The van der Waals surface area contributed by atoms with Crippen molar-refractivity contribution < 1.29 is 37.3 Å². The summed E-state index contributed by atoms with van der Waals surface area (Å²) in [5, 5.41) is 9.13. The van der Waals surface area contributed by atoms with Crippen LogP contribution in [-0.2, 0) is 14.3 Å². The number of likely N-dealkylation sites (tertiary alicyclic amines) is 1. The number of carbonyl (C=O) groups is 2. The van der Waals surface area contributed by atoms with Gasteiger partial charge in [0.1, 0.15) is 11.9 Å². The number of halogens is 3. The Labute approximate surface area is 186 Å². The van der Waals surface area contributed by atoms with E-state index in [9.17, 15) is 18.0 Å². The third kappa shape index (κ3) is 6.54. The molecule has 0 unspecified atom stereocenters. The van der Waals surface area contributed by atoms with Crippen LogP contribution < -0.4 is 4.74 Å². The van der Waals surface area contributed by atoms with Gasteiger partial charge in [-0.05, 0) is 36.1 Å². The summed E-state index contributed by atoms with van der Waals surface area (Å²) >= 11 is 1.62. The second-order valence-corrected chi connectivity index (χ2v) is 8.27. The van der Waals surface area contributed by atoms with Crippen molar-refractivity contribution in [3.05, 3.63) is 53.0 Å². The fourth-order valence-electron chi connectivity index (χ4n) is 3.45. The van der Waals surface area contributed by atoms with Crippen LogP contribution in [0.15, 0.2) is 48.1 Å². The summed E-state index contributed by atoms with van der Waals surface area (Å²) in [5.41, 5.74) is -0.265. The Bertz CT molecular complexity index is 937. The van der Waals surface area contributed by atoms with Gasteiger partial charge < -0.3 is 19.5 Å². The molecule has 2 aliphatic heterocycles. The summed E-state index contributed by atoms with van der Waals surface area (Å²) in [6, 6.07) is 7.74. The van der Waals surface area contributed by atoms with Crippen LogP contribution in [0.3, 0.4) is 0 Å². The monoisotopic (exact) mass is 470 g/mol. The van der Waals surface area contributed by atoms with Crippen LogP contribution in [0.5, 0.6) is 5.75 Å². The van der Waals surface area contributed by atoms with Gasteiger partial charge in [0.05, 0.1) is 24.9 Å². The second kappa shape index (κ2) is 10.1. The quantitative estimate of drug-likeness (QED) is 0.687. The lowest BCUT2D eigenvalue weighted by molar-refractivity contribution is -0.192. The van der Waals surface area contributed by atoms with E-state index >= 15 is 0 Å². The number of amides is 1. The molecule has 0 bridgehead atoms. The van der Waals surface area contributed by atoms with Crippen molar-refractivity contribution >= 4 is 29.3 Å². The van der Waals surface area contributed by atoms with E-state index in [1.165, 1.54) is 0 Å². The van der Waals surface area contributed by atoms with Crippen LogP contribution in [0.25, 0.3) is 6.08 Å². The predicted molar refractivity (Wildman–Crippen MR) is 110 cm³/mol. The zero-order valence-corrected chi connectivity index (χ0v) is 17.6. The first-order valence-electron chi connectivity index (χ1n) is 9.68. The smallest absolute Gasteiger partial charge is 0.486 e. The Kier molecular flexibility index (Phi) is 7.52. The number of hydrogen-bond acceptors (Lipinski definition) is 6. The first-order chi connectivity index (χ1) is 15.2. The van der Waals surface area contributed by atoms with E-state index in [-0.39, 0.29) is 17.6 Å². The van der Waals surface area contributed by atoms with Crippen LogP contribution in [0.2, 0.25) is 0 Å². The fraction of sp³-hybridized carbons (Fsp3) is 0.381. The first kappa shape index (κ1) is 23.7. The van der Waals surface area contributed by atoms with Crippen molar-refractivity contribution in [2.24, 2.45) is 0 Å². The van der Waals surface area contributed by atoms with Gasteiger partial charge in [0, 0.05) is 30.1 Å². The molecule has 2 fully saturated rings. The number of alkyl halides is 3. The molecular weight excluding hydrogens is 449 g/mol. The highest BCUT2D eigenvalue weighted by Crippen LogP contribution is 2.36. The lowest BCUT2D eigenvalue weighted by atomic mass is 9.98. The summed E-state index contributed by atoms with van der Waals surface area (Å²) < 4.78 is 43.7. The number of carboxylic acids is 1. The number of pyridine rings is 1. The molecule has 172 valence electrons. The molecule has 2 atom stereocenters. The van der Waals surface area contributed by atoms with E-state index in [1.807, 2.05) is 40.6 Å². The van der Waals surface area contributed by atoms with E-state index in [4.69, 9.17) is 19.4 Å². The molecule has 4 heterocycles. The maximum absolute atomic E-state index is 12.4. The number of ether oxygens (including phenoxy) is 2. The first-order valence-corrected chi connectivity index (χ1v) is 10.6. The molecule has 2 aliphatic rings. The van der Waals surface area contributed by atoms with Gasteiger partial charge in [-0.1, -0.05) is 6.07 Å². The second-order valence-electron chi connectivity index (χ2n) is 7.29. The molecule has 11 heteroatoms. The maximum atomic E-state index is 12.4. The fourth-order valence-corrected chi connectivity index (χ4v) is 4.07. The van der Waals surface area contributed by atoms with Gasteiger partial charge in [-0.2, -0.15) is 13.2 Å². The molecule has 32 heavy (non-hydrogen) atoms. The molecule has 2 aromatic heterocycles. The lowest BCUT2D eigenvalue weighted by Gasteiger charge is -2.22. The van der Waals surface area contributed by atoms with Crippen LogP contribution in [-0.4, -0.2) is 64.4 Å². The summed E-state index contributed by atoms with van der Waals surface area (Å²) in [5.74, 6) is -1.95. The van der Waals surface area contributed by atoms with Crippen LogP contribution >= 0.6 is 11.3 Å². The molecule has 0 saturated carbocycles. The normalized spacial score (nSPS) is 22.7. The summed E-state index contributed by atoms with van der Waals surface area (Å²) in [6.45, 7) is 1.92. The van der Waals surface area contributed by atoms with Crippen LogP contribution in [0.4, 0.5) is 13.2 Å². The number of carboxylic acid groups (broad SMARTS) is 1. The lowest BCUT2D eigenvalue weighted by Crippen LogP contribution is -2.35. The molecule has 0 aliphatic carbocycles. The molecule has 0 aromatic carbocycles. The van der Waals surface area contributed by atoms with E-state index in [2.05, 4.69) is 4.98 Å². The van der Waals surface area contributed by atoms with E-state index in [0.717, 1.165) is 30.0 Å². The van der Waals surface area contributed by atoms with Crippen molar-refractivity contribution in [2.45, 2.75) is 30.7 Å². The van der Waals surface area contributed by atoms with Gasteiger partial charge in [-0.25, -0.2) is 4.79 Å². The van der Waals surface area contributed by atoms with E-state index in [1.54, 1.807) is 29.8 Å². The molecule has 2 saturated heterocycles. The number of aromatic nitrogens is 1. The maximum Gasteiger partial charge on any atom is 0.490 e. The minimum absolute atomic E-state index is 0.0147. The van der Waals surface area contributed by atoms with Gasteiger partial charge in [-0.15, -0.1) is 11.3 Å². The van der Waals surface area contributed by atoms with Crippen molar-refractivity contribution in [3.8, 4) is 5.75 Å². The average molecular weight is 470 g/mol. The highest BCUT2D eigenvalue weighted by atomic mass is 32.1. The van der Waals surface area contributed by atoms with Crippen LogP contribution in [0, 0.1) is 0 Å². The van der Waals surface area contributed by atoms with Crippen molar-refractivity contribution in [1.29, 1.82) is 0 Å². The Hall–Kier alpha value is -2.92. The van der Waals surface area contributed by atoms with Gasteiger partial charge >= 0.3 is 12.1 Å². The Morgan fingerprint density at radius 2 is 2.12 bits per heavy atom. The number of rotatable bonds is 4. The number of thiophene rings is 1. The molecule has 1 spiro atoms. The third-order valence-corrected chi connectivity index (χ3v) is 5.75. The SMILES string of the molecule is O=C(/C=C/c1cccs1)N1CC[C@]2(C[C@@H](Oc3cccnc3)CO2)C1.O=C(O)C(F)(F)F. The highest BCUT2D eigenvalue weighted by molar-refractivity contribution is 7.10. The van der Waals surface area contributed by atoms with Crippen molar-refractivity contribution in [1.82, 2.24) is 9.88 Å². The summed E-state index contributed by atoms with van der Waals surface area (Å²) in [7, 11) is 0. The number of hydrogen-bond donors (Lipinski definition) is 1. The van der Waals surface area contributed by atoms with E-state index < -0.39 is 12.1 Å². The average Bonchev–Trinajstić information content (AvgIpc) is 3.49. The van der Waals surface area contributed by atoms with Gasteiger partial charge in [-0.3, -0.25) is 9.78 Å². The molecule has 1 N–H and O–H groups in total. The predicted octanol–water partition coefficient (Wildman–Crippen LogP) is 3.63. The zero-order chi connectivity index (χ0) is 23.2. The Morgan fingerprint density at radius 1 is 1.34 bits per heavy atom. The van der Waals surface area contributed by atoms with Crippen molar-refractivity contribution in [3.63, 3.8) is 0 Å². The van der Waals surface area contributed by atoms with Gasteiger partial charge in [0.25, 0.3) is 0 Å². The minimum atomic E-state index is -5.08. The summed E-state index contributed by atoms with van der Waals surface area (Å²) in [4.78, 5) is 28.3. The Morgan fingerprint density at radius 3 is 2.75 bits per heavy atom. The number of nitrogens with zero attached hydrogens (tertiary/aromatic N) is 2. The standard InChI is InChI=1S/C19H20N2O3S.C2HF3O2/c22-18(6-5-17-4-2-10-25-17)21-9-7-19(14-21)11-16(13-23-19)24-15-3-1-8-20-12-15;3-2(4,5)1(6)7/h1-6,8,10,12,16H,7,9,11,13-14H2;(H,6,7)/b6-5+;/t16-,19+;/m1./s1. The van der Waals surface area contributed by atoms with Crippen LogP contribution in [0.1, 0.15) is 17.7 Å². The zero-order valence-electron chi connectivity index (χ0n) is 16.8. The molecule has 0 radical (unpaired) electrons. The molecule has 4 rings (SSSR count). The molecular formula is C21H21F3N2O5S. The number of aliphatic carboxylic acids is 1. The van der Waals surface area contributed by atoms with Gasteiger partial charge in [0.15, 0.2) is 0 Å². The molecule has 7 nitrogen and oxygen atoms in total. The van der Waals surface area contributed by atoms with E-state index in [0.29, 0.717) is 13.2 Å². The Balaban J connectivity index is 0.000000360.